The van der Waals surface area contributed by atoms with Crippen LogP contribution in [0.3, 0.4) is 0 Å². The van der Waals surface area contributed by atoms with Gasteiger partial charge in [-0.2, -0.15) is 0 Å². The molecule has 2 atom stereocenters. The first-order valence-corrected chi connectivity index (χ1v) is 13.3. The summed E-state index contributed by atoms with van der Waals surface area (Å²) < 4.78 is 0. The van der Waals surface area contributed by atoms with Gasteiger partial charge in [-0.1, -0.05) is 88.6 Å². The molecule has 0 aromatic heterocycles. The zero-order chi connectivity index (χ0) is 23.6. The summed E-state index contributed by atoms with van der Waals surface area (Å²) in [5.41, 5.74) is 1.53. The molecule has 0 aromatic carbocycles. The standard InChI is InChI=1S/C15H28ClN.C11H19N.C2H6/c1-4-11-15(5-2)14(3)17-13-10-8-6-7-9-12-16;1-12-10-6-9-11-7-4-2-3-5-8-11;1-2/h6-9,14-15,17H,4-5,10-13H2,1-3H3;4,7-8,12H,2-3,5-6,9-10H2,1H3;1-2H3/b8-6-,9-7-;;. The van der Waals surface area contributed by atoms with Crippen molar-refractivity contribution in [1.29, 1.82) is 0 Å². The molecule has 0 saturated carbocycles. The van der Waals surface area contributed by atoms with Crippen molar-refractivity contribution in [1.82, 2.24) is 10.6 Å². The largest absolute Gasteiger partial charge is 0.320 e. The van der Waals surface area contributed by atoms with Crippen molar-refractivity contribution >= 4 is 11.6 Å². The molecule has 0 amide bonds. The van der Waals surface area contributed by atoms with E-state index < -0.39 is 0 Å². The Morgan fingerprint density at radius 1 is 1.10 bits per heavy atom. The third-order valence-corrected chi connectivity index (χ3v) is 5.52. The average molecular weight is 453 g/mol. The van der Waals surface area contributed by atoms with E-state index in [2.05, 4.69) is 61.8 Å². The molecular formula is C28H53ClN2. The molecule has 1 aliphatic rings. The van der Waals surface area contributed by atoms with Crippen molar-refractivity contribution in [2.45, 2.75) is 98.4 Å². The molecule has 0 fully saturated rings. The Kier molecular flexibility index (Phi) is 28.4. The molecule has 1 rings (SSSR count). The van der Waals surface area contributed by atoms with Gasteiger partial charge in [-0.3, -0.25) is 0 Å². The summed E-state index contributed by atoms with van der Waals surface area (Å²) >= 11 is 5.53. The highest BCUT2D eigenvalue weighted by atomic mass is 35.5. The first kappa shape index (κ1) is 32.4. The number of hydrogen-bond acceptors (Lipinski definition) is 2. The molecule has 2 N–H and O–H groups in total. The third kappa shape index (κ3) is 22.2. The minimum Gasteiger partial charge on any atom is -0.320 e. The molecule has 0 bridgehead atoms. The van der Waals surface area contributed by atoms with Crippen LogP contribution >= 0.6 is 11.6 Å². The van der Waals surface area contributed by atoms with Gasteiger partial charge in [0.2, 0.25) is 0 Å². The second kappa shape index (κ2) is 27.2. The lowest BCUT2D eigenvalue weighted by molar-refractivity contribution is 0.343. The molecule has 0 spiro atoms. The number of alkyl halides is 1. The molecule has 0 saturated heterocycles. The zero-order valence-corrected chi connectivity index (χ0v) is 22.3. The van der Waals surface area contributed by atoms with Crippen molar-refractivity contribution in [2.75, 3.05) is 26.0 Å². The molecule has 3 heteroatoms. The van der Waals surface area contributed by atoms with Crippen molar-refractivity contribution in [3.05, 3.63) is 48.1 Å². The van der Waals surface area contributed by atoms with Gasteiger partial charge in [0.1, 0.15) is 0 Å². The molecule has 0 radical (unpaired) electrons. The third-order valence-electron chi connectivity index (χ3n) is 5.35. The van der Waals surface area contributed by atoms with Crippen LogP contribution in [0.1, 0.15) is 92.4 Å². The Morgan fingerprint density at radius 2 is 1.84 bits per heavy atom. The van der Waals surface area contributed by atoms with E-state index in [4.69, 9.17) is 11.6 Å². The van der Waals surface area contributed by atoms with Crippen LogP contribution in [-0.2, 0) is 0 Å². The van der Waals surface area contributed by atoms with E-state index in [1.54, 1.807) is 0 Å². The lowest BCUT2D eigenvalue weighted by Gasteiger charge is -2.23. The predicted molar refractivity (Wildman–Crippen MR) is 145 cm³/mol. The Bertz CT molecular complexity index is 466. The predicted octanol–water partition coefficient (Wildman–Crippen LogP) is 8.21. The minimum atomic E-state index is 0.592. The van der Waals surface area contributed by atoms with Crippen LogP contribution in [0.5, 0.6) is 0 Å². The van der Waals surface area contributed by atoms with Gasteiger partial charge in [-0.15, -0.1) is 11.6 Å². The lowest BCUT2D eigenvalue weighted by Crippen LogP contribution is -2.33. The van der Waals surface area contributed by atoms with Gasteiger partial charge in [0.05, 0.1) is 0 Å². The van der Waals surface area contributed by atoms with Crippen LogP contribution < -0.4 is 10.6 Å². The van der Waals surface area contributed by atoms with Crippen LogP contribution in [0.25, 0.3) is 0 Å². The van der Waals surface area contributed by atoms with Crippen molar-refractivity contribution in [3.63, 3.8) is 0 Å². The fraction of sp³-hybridized carbons (Fsp3) is 0.714. The van der Waals surface area contributed by atoms with E-state index in [0.29, 0.717) is 11.9 Å². The van der Waals surface area contributed by atoms with Crippen LogP contribution in [0.2, 0.25) is 0 Å². The number of rotatable bonds is 14. The second-order valence-electron chi connectivity index (χ2n) is 7.82. The molecule has 0 aliphatic heterocycles. The van der Waals surface area contributed by atoms with Gasteiger partial charge in [0.15, 0.2) is 0 Å². The fourth-order valence-corrected chi connectivity index (χ4v) is 3.63. The quantitative estimate of drug-likeness (QED) is 0.157. The fourth-order valence-electron chi connectivity index (χ4n) is 3.52. The molecule has 1 aliphatic carbocycles. The zero-order valence-electron chi connectivity index (χ0n) is 21.6. The van der Waals surface area contributed by atoms with Gasteiger partial charge < -0.3 is 10.6 Å². The SMILES string of the molecule is CC.CCCC(CC)C(C)NCC/C=C\C=C/CCl.CNCCCC1=CCCCC=C1. The van der Waals surface area contributed by atoms with Gasteiger partial charge in [0.25, 0.3) is 0 Å². The van der Waals surface area contributed by atoms with Gasteiger partial charge >= 0.3 is 0 Å². The van der Waals surface area contributed by atoms with Crippen molar-refractivity contribution in [3.8, 4) is 0 Å². The van der Waals surface area contributed by atoms with Crippen LogP contribution in [0.15, 0.2) is 48.1 Å². The van der Waals surface area contributed by atoms with E-state index in [9.17, 15) is 0 Å². The Morgan fingerprint density at radius 3 is 2.48 bits per heavy atom. The summed E-state index contributed by atoms with van der Waals surface area (Å²) in [6.07, 6.45) is 26.5. The highest BCUT2D eigenvalue weighted by Gasteiger charge is 2.12. The summed E-state index contributed by atoms with van der Waals surface area (Å²) in [6, 6.07) is 0.631. The van der Waals surface area contributed by atoms with Gasteiger partial charge in [-0.25, -0.2) is 0 Å². The van der Waals surface area contributed by atoms with Crippen LogP contribution in [0, 0.1) is 5.92 Å². The number of nitrogens with one attached hydrogen (secondary N) is 2. The first-order valence-electron chi connectivity index (χ1n) is 12.8. The Hall–Kier alpha value is -0.830. The topological polar surface area (TPSA) is 24.1 Å². The molecular weight excluding hydrogens is 400 g/mol. The average Bonchev–Trinajstić information content (AvgIpc) is 3.07. The summed E-state index contributed by atoms with van der Waals surface area (Å²) in [5.74, 6) is 1.41. The van der Waals surface area contributed by atoms with Gasteiger partial charge in [-0.05, 0) is 77.9 Å². The van der Waals surface area contributed by atoms with Crippen LogP contribution in [-0.4, -0.2) is 32.1 Å². The molecule has 2 unspecified atom stereocenters. The molecule has 0 aromatic rings. The molecule has 182 valence electrons. The van der Waals surface area contributed by atoms with Crippen LogP contribution in [0.4, 0.5) is 0 Å². The lowest BCUT2D eigenvalue weighted by atomic mass is 9.93. The summed E-state index contributed by atoms with van der Waals surface area (Å²) in [7, 11) is 2.01. The Labute approximate surface area is 200 Å². The second-order valence-corrected chi connectivity index (χ2v) is 8.13. The van der Waals surface area contributed by atoms with Crippen molar-refractivity contribution in [2.24, 2.45) is 5.92 Å². The van der Waals surface area contributed by atoms with E-state index in [0.717, 1.165) is 25.4 Å². The number of halogens is 1. The maximum Gasteiger partial charge on any atom is 0.0407 e. The smallest absolute Gasteiger partial charge is 0.0407 e. The minimum absolute atomic E-state index is 0.592. The summed E-state index contributed by atoms with van der Waals surface area (Å²) in [6.45, 7) is 13.1. The van der Waals surface area contributed by atoms with E-state index >= 15 is 0 Å². The monoisotopic (exact) mass is 452 g/mol. The van der Waals surface area contributed by atoms with E-state index in [1.165, 1.54) is 56.9 Å². The molecule has 2 nitrogen and oxygen atoms in total. The number of allylic oxidation sites excluding steroid dienone is 7. The van der Waals surface area contributed by atoms with E-state index in [-0.39, 0.29) is 0 Å². The first-order chi connectivity index (χ1) is 15.2. The van der Waals surface area contributed by atoms with Gasteiger partial charge in [0, 0.05) is 11.9 Å². The molecule has 31 heavy (non-hydrogen) atoms. The highest BCUT2D eigenvalue weighted by Crippen LogP contribution is 2.15. The summed E-state index contributed by atoms with van der Waals surface area (Å²) in [5, 5.41) is 6.78. The maximum absolute atomic E-state index is 5.53. The normalized spacial score (nSPS) is 15.5. The number of hydrogen-bond donors (Lipinski definition) is 2. The van der Waals surface area contributed by atoms with E-state index in [1.807, 2.05) is 33.0 Å². The maximum atomic E-state index is 5.53. The summed E-state index contributed by atoms with van der Waals surface area (Å²) in [4.78, 5) is 0. The van der Waals surface area contributed by atoms with Crippen molar-refractivity contribution < 1.29 is 0 Å². The molecule has 0 heterocycles. The highest BCUT2D eigenvalue weighted by molar-refractivity contribution is 6.18. The Balaban J connectivity index is 0.